The molecule has 1 aromatic carbocycles. The molecule has 0 aliphatic rings. The molecule has 4 heteroatoms. The molecule has 19 heavy (non-hydrogen) atoms. The van der Waals surface area contributed by atoms with E-state index >= 15 is 0 Å². The molecule has 0 radical (unpaired) electrons. The highest BCUT2D eigenvalue weighted by atomic mass is 35.5. The minimum Gasteiger partial charge on any atom is -0.322 e. The molecule has 1 unspecified atom stereocenters. The quantitative estimate of drug-likeness (QED) is 0.929. The fourth-order valence-electron chi connectivity index (χ4n) is 2.13. The summed E-state index contributed by atoms with van der Waals surface area (Å²) in [6.07, 6.45) is 2.33. The largest absolute Gasteiger partial charge is 0.322 e. The standard InChI is InChI=1S/C15H16ClFN2/c1-9-5-10(2)15(19-8-9)14(18)7-11-3-4-12(16)13(17)6-11/h3-6,8,14H,7,18H2,1-2H3. The maximum atomic E-state index is 13.4. The van der Waals surface area contributed by atoms with Crippen LogP contribution in [0.25, 0.3) is 0 Å². The number of hydrogen-bond donors (Lipinski definition) is 1. The first-order valence-corrected chi connectivity index (χ1v) is 6.48. The lowest BCUT2D eigenvalue weighted by molar-refractivity contribution is 0.621. The van der Waals surface area contributed by atoms with Gasteiger partial charge in [-0.1, -0.05) is 23.7 Å². The summed E-state index contributed by atoms with van der Waals surface area (Å²) in [5.41, 5.74) is 9.97. The van der Waals surface area contributed by atoms with Crippen molar-refractivity contribution in [3.05, 3.63) is 63.7 Å². The van der Waals surface area contributed by atoms with Gasteiger partial charge in [0.1, 0.15) is 5.82 Å². The first kappa shape index (κ1) is 14.0. The molecule has 0 fully saturated rings. The maximum absolute atomic E-state index is 13.4. The molecule has 1 aromatic heterocycles. The molecule has 2 aromatic rings. The van der Waals surface area contributed by atoms with Crippen LogP contribution in [0.4, 0.5) is 4.39 Å². The predicted molar refractivity (Wildman–Crippen MR) is 75.8 cm³/mol. The molecule has 2 N–H and O–H groups in total. The van der Waals surface area contributed by atoms with Gasteiger partial charge in [0.2, 0.25) is 0 Å². The topological polar surface area (TPSA) is 38.9 Å². The summed E-state index contributed by atoms with van der Waals surface area (Å²) in [6.45, 7) is 3.97. The highest BCUT2D eigenvalue weighted by molar-refractivity contribution is 6.30. The number of aromatic nitrogens is 1. The maximum Gasteiger partial charge on any atom is 0.142 e. The van der Waals surface area contributed by atoms with Crippen LogP contribution in [0, 0.1) is 19.7 Å². The number of pyridine rings is 1. The highest BCUT2D eigenvalue weighted by Gasteiger charge is 2.12. The van der Waals surface area contributed by atoms with E-state index in [1.54, 1.807) is 18.3 Å². The third-order valence-corrected chi connectivity index (χ3v) is 3.35. The Morgan fingerprint density at radius 2 is 2.05 bits per heavy atom. The van der Waals surface area contributed by atoms with Crippen molar-refractivity contribution < 1.29 is 4.39 Å². The fourth-order valence-corrected chi connectivity index (χ4v) is 2.25. The van der Waals surface area contributed by atoms with Crippen LogP contribution in [0.15, 0.2) is 30.5 Å². The average molecular weight is 279 g/mol. The summed E-state index contributed by atoms with van der Waals surface area (Å²) in [7, 11) is 0. The number of benzene rings is 1. The lowest BCUT2D eigenvalue weighted by Gasteiger charge is -2.14. The van der Waals surface area contributed by atoms with Gasteiger partial charge in [-0.05, 0) is 49.1 Å². The third kappa shape index (κ3) is 3.31. The van der Waals surface area contributed by atoms with Crippen LogP contribution in [-0.2, 0) is 6.42 Å². The zero-order valence-electron chi connectivity index (χ0n) is 11.0. The van der Waals surface area contributed by atoms with Gasteiger partial charge in [0.15, 0.2) is 0 Å². The number of hydrogen-bond acceptors (Lipinski definition) is 2. The molecule has 0 amide bonds. The lowest BCUT2D eigenvalue weighted by Crippen LogP contribution is -2.16. The van der Waals surface area contributed by atoms with E-state index in [9.17, 15) is 4.39 Å². The summed E-state index contributed by atoms with van der Waals surface area (Å²) in [5, 5.41) is 0.127. The van der Waals surface area contributed by atoms with Crippen LogP contribution >= 0.6 is 11.6 Å². The minimum atomic E-state index is -0.417. The monoisotopic (exact) mass is 278 g/mol. The number of nitrogens with two attached hydrogens (primary N) is 1. The van der Waals surface area contributed by atoms with Gasteiger partial charge < -0.3 is 5.73 Å². The molecule has 0 aliphatic carbocycles. The van der Waals surface area contributed by atoms with Crippen LogP contribution in [0.1, 0.15) is 28.4 Å². The number of aryl methyl sites for hydroxylation is 2. The van der Waals surface area contributed by atoms with E-state index in [4.69, 9.17) is 17.3 Å². The molecular weight excluding hydrogens is 263 g/mol. The number of nitrogens with zero attached hydrogens (tertiary/aromatic N) is 1. The second kappa shape index (κ2) is 5.68. The molecule has 1 atom stereocenters. The Hall–Kier alpha value is -1.45. The van der Waals surface area contributed by atoms with E-state index < -0.39 is 5.82 Å². The van der Waals surface area contributed by atoms with Gasteiger partial charge in [0.25, 0.3) is 0 Å². The average Bonchev–Trinajstić information content (AvgIpc) is 2.33. The molecule has 2 nitrogen and oxygen atoms in total. The summed E-state index contributed by atoms with van der Waals surface area (Å²) < 4.78 is 13.4. The molecule has 0 aliphatic heterocycles. The van der Waals surface area contributed by atoms with E-state index in [1.165, 1.54) is 6.07 Å². The van der Waals surface area contributed by atoms with Crippen molar-refractivity contribution in [2.75, 3.05) is 0 Å². The van der Waals surface area contributed by atoms with Gasteiger partial charge in [-0.25, -0.2) is 4.39 Å². The fraction of sp³-hybridized carbons (Fsp3) is 0.267. The SMILES string of the molecule is Cc1cnc(C(N)Cc2ccc(Cl)c(F)c2)c(C)c1. The van der Waals surface area contributed by atoms with Gasteiger partial charge in [0, 0.05) is 6.20 Å². The molecule has 1 heterocycles. The van der Waals surface area contributed by atoms with Gasteiger partial charge in [-0.2, -0.15) is 0 Å². The second-order valence-corrected chi connectivity index (χ2v) is 5.18. The van der Waals surface area contributed by atoms with Crippen molar-refractivity contribution in [1.82, 2.24) is 4.98 Å². The van der Waals surface area contributed by atoms with Crippen LogP contribution in [-0.4, -0.2) is 4.98 Å². The van der Waals surface area contributed by atoms with E-state index in [0.717, 1.165) is 22.4 Å². The summed E-state index contributed by atoms with van der Waals surface area (Å²) in [6, 6.07) is 6.56. The van der Waals surface area contributed by atoms with Crippen molar-refractivity contribution >= 4 is 11.6 Å². The molecule has 100 valence electrons. The molecule has 0 saturated heterocycles. The minimum absolute atomic E-state index is 0.127. The van der Waals surface area contributed by atoms with Crippen molar-refractivity contribution in [2.24, 2.45) is 5.73 Å². The normalized spacial score (nSPS) is 12.5. The van der Waals surface area contributed by atoms with Gasteiger partial charge in [-0.15, -0.1) is 0 Å². The van der Waals surface area contributed by atoms with Gasteiger partial charge >= 0.3 is 0 Å². The predicted octanol–water partition coefficient (Wildman–Crippen LogP) is 3.73. The van der Waals surface area contributed by atoms with Crippen molar-refractivity contribution in [1.29, 1.82) is 0 Å². The third-order valence-electron chi connectivity index (χ3n) is 3.05. The van der Waals surface area contributed by atoms with E-state index in [1.807, 2.05) is 19.9 Å². The number of rotatable bonds is 3. The Bertz CT molecular complexity index is 599. The number of halogens is 2. The Morgan fingerprint density at radius 1 is 1.32 bits per heavy atom. The second-order valence-electron chi connectivity index (χ2n) is 4.77. The van der Waals surface area contributed by atoms with Crippen LogP contribution in [0.3, 0.4) is 0 Å². The van der Waals surface area contributed by atoms with Crippen molar-refractivity contribution in [3.63, 3.8) is 0 Å². The molecule has 0 spiro atoms. The van der Waals surface area contributed by atoms with Crippen LogP contribution < -0.4 is 5.73 Å². The molecular formula is C15H16ClFN2. The molecule has 0 bridgehead atoms. The molecule has 0 saturated carbocycles. The van der Waals surface area contributed by atoms with E-state index in [2.05, 4.69) is 4.98 Å². The Labute approximate surface area is 117 Å². The highest BCUT2D eigenvalue weighted by Crippen LogP contribution is 2.21. The zero-order valence-corrected chi connectivity index (χ0v) is 11.7. The summed E-state index contributed by atoms with van der Waals surface area (Å²) in [5.74, 6) is -0.417. The first-order valence-electron chi connectivity index (χ1n) is 6.10. The van der Waals surface area contributed by atoms with Gasteiger partial charge in [0.05, 0.1) is 16.8 Å². The van der Waals surface area contributed by atoms with Crippen molar-refractivity contribution in [3.8, 4) is 0 Å². The molecule has 2 rings (SSSR count). The Balaban J connectivity index is 2.20. The summed E-state index contributed by atoms with van der Waals surface area (Å²) in [4.78, 5) is 4.37. The lowest BCUT2D eigenvalue weighted by atomic mass is 10.00. The zero-order chi connectivity index (χ0) is 14.0. The van der Waals surface area contributed by atoms with E-state index in [0.29, 0.717) is 6.42 Å². The smallest absolute Gasteiger partial charge is 0.142 e. The van der Waals surface area contributed by atoms with E-state index in [-0.39, 0.29) is 11.1 Å². The van der Waals surface area contributed by atoms with Crippen LogP contribution in [0.5, 0.6) is 0 Å². The Morgan fingerprint density at radius 3 is 2.68 bits per heavy atom. The van der Waals surface area contributed by atoms with Crippen molar-refractivity contribution in [2.45, 2.75) is 26.3 Å². The first-order chi connectivity index (χ1) is 8.97. The summed E-state index contributed by atoms with van der Waals surface area (Å²) >= 11 is 5.66. The van der Waals surface area contributed by atoms with Crippen LogP contribution in [0.2, 0.25) is 5.02 Å². The van der Waals surface area contributed by atoms with Gasteiger partial charge in [-0.3, -0.25) is 4.98 Å². The Kier molecular flexibility index (Phi) is 4.17.